The molecule has 0 spiro atoms. The van der Waals surface area contributed by atoms with E-state index in [9.17, 15) is 9.90 Å². The van der Waals surface area contributed by atoms with E-state index in [0.717, 1.165) is 16.7 Å². The normalized spacial score (nSPS) is 10.8. The number of carbonyl (C=O) groups is 1. The third kappa shape index (κ3) is 5.89. The number of benzene rings is 4. The van der Waals surface area contributed by atoms with Crippen molar-refractivity contribution in [2.45, 2.75) is 13.2 Å². The molecular formula is C29H24O4. The molecule has 0 atom stereocenters. The Morgan fingerprint density at radius 1 is 0.697 bits per heavy atom. The van der Waals surface area contributed by atoms with Crippen LogP contribution in [0.3, 0.4) is 0 Å². The van der Waals surface area contributed by atoms with Crippen LogP contribution in [-0.2, 0) is 13.2 Å². The molecule has 164 valence electrons. The molecule has 0 aliphatic carbocycles. The van der Waals surface area contributed by atoms with E-state index in [1.54, 1.807) is 18.2 Å². The fourth-order valence-electron chi connectivity index (χ4n) is 3.30. The zero-order valence-corrected chi connectivity index (χ0v) is 18.1. The summed E-state index contributed by atoms with van der Waals surface area (Å²) < 4.78 is 11.9. The van der Waals surface area contributed by atoms with Gasteiger partial charge in [0.15, 0.2) is 17.3 Å². The van der Waals surface area contributed by atoms with Gasteiger partial charge < -0.3 is 14.6 Å². The molecule has 0 aliphatic heterocycles. The lowest BCUT2D eigenvalue weighted by Crippen LogP contribution is -2.04. The third-order valence-corrected chi connectivity index (χ3v) is 5.05. The van der Waals surface area contributed by atoms with Crippen LogP contribution in [0.4, 0.5) is 0 Å². The summed E-state index contributed by atoms with van der Waals surface area (Å²) in [5.41, 5.74) is 2.97. The van der Waals surface area contributed by atoms with Crippen LogP contribution in [-0.4, -0.2) is 10.9 Å². The molecule has 1 N–H and O–H groups in total. The lowest BCUT2D eigenvalue weighted by atomic mass is 10.1. The number of phenolic OH excluding ortho intramolecular Hbond substituents is 1. The van der Waals surface area contributed by atoms with Crippen LogP contribution in [0.1, 0.15) is 27.0 Å². The Balaban J connectivity index is 1.59. The van der Waals surface area contributed by atoms with Gasteiger partial charge >= 0.3 is 0 Å². The number of allylic oxidation sites excluding steroid dienone is 1. The van der Waals surface area contributed by atoms with Gasteiger partial charge in [-0.3, -0.25) is 4.79 Å². The molecule has 0 heterocycles. The Kier molecular flexibility index (Phi) is 7.18. The first kappa shape index (κ1) is 21.9. The second-order valence-electron chi connectivity index (χ2n) is 7.45. The topological polar surface area (TPSA) is 55.8 Å². The van der Waals surface area contributed by atoms with Crippen molar-refractivity contribution in [2.24, 2.45) is 0 Å². The van der Waals surface area contributed by atoms with Crippen molar-refractivity contribution in [2.75, 3.05) is 0 Å². The highest BCUT2D eigenvalue weighted by Gasteiger charge is 2.19. The number of rotatable bonds is 9. The smallest absolute Gasteiger partial charge is 0.204 e. The summed E-state index contributed by atoms with van der Waals surface area (Å²) in [5.74, 6) is -0.0423. The van der Waals surface area contributed by atoms with Crippen LogP contribution in [0, 0.1) is 0 Å². The Bertz CT molecular complexity index is 1220. The predicted octanol–water partition coefficient (Wildman–Crippen LogP) is 6.45. The van der Waals surface area contributed by atoms with Gasteiger partial charge in [-0.15, -0.1) is 0 Å². The molecule has 0 aromatic heterocycles. The molecule has 4 heteroatoms. The first-order chi connectivity index (χ1) is 16.2. The first-order valence-corrected chi connectivity index (χ1v) is 10.7. The number of phenols is 1. The molecule has 4 aromatic carbocycles. The fourth-order valence-corrected chi connectivity index (χ4v) is 3.30. The van der Waals surface area contributed by atoms with Crippen molar-refractivity contribution in [1.29, 1.82) is 0 Å². The molecule has 0 aliphatic rings. The second-order valence-corrected chi connectivity index (χ2v) is 7.45. The fraction of sp³-hybridized carbons (Fsp3) is 0.0690. The van der Waals surface area contributed by atoms with Gasteiger partial charge in [0.2, 0.25) is 5.75 Å². The van der Waals surface area contributed by atoms with Crippen LogP contribution < -0.4 is 9.47 Å². The lowest BCUT2D eigenvalue weighted by Gasteiger charge is -2.16. The molecule has 0 radical (unpaired) electrons. The van der Waals surface area contributed by atoms with Gasteiger partial charge in [0.1, 0.15) is 13.2 Å². The molecule has 4 aromatic rings. The maximum Gasteiger partial charge on any atom is 0.204 e. The molecule has 0 saturated carbocycles. The van der Waals surface area contributed by atoms with E-state index in [-0.39, 0.29) is 29.5 Å². The Morgan fingerprint density at radius 3 is 1.85 bits per heavy atom. The molecule has 0 unspecified atom stereocenters. The van der Waals surface area contributed by atoms with E-state index in [2.05, 4.69) is 0 Å². The molecule has 0 amide bonds. The van der Waals surface area contributed by atoms with Gasteiger partial charge in [0.05, 0.1) is 5.56 Å². The predicted molar refractivity (Wildman–Crippen MR) is 129 cm³/mol. The number of carbonyl (C=O) groups excluding carboxylic acids is 1. The van der Waals surface area contributed by atoms with Gasteiger partial charge in [0, 0.05) is 0 Å². The van der Waals surface area contributed by atoms with E-state index in [1.165, 1.54) is 6.08 Å². The zero-order valence-electron chi connectivity index (χ0n) is 18.1. The number of ether oxygens (including phenoxy) is 2. The largest absolute Gasteiger partial charge is 0.504 e. The third-order valence-electron chi connectivity index (χ3n) is 5.05. The van der Waals surface area contributed by atoms with Crippen LogP contribution >= 0.6 is 0 Å². The first-order valence-electron chi connectivity index (χ1n) is 10.7. The highest BCUT2D eigenvalue weighted by molar-refractivity contribution is 6.09. The summed E-state index contributed by atoms with van der Waals surface area (Å²) in [4.78, 5) is 12.8. The van der Waals surface area contributed by atoms with Crippen LogP contribution in [0.5, 0.6) is 17.2 Å². The molecule has 0 fully saturated rings. The zero-order chi connectivity index (χ0) is 22.9. The Morgan fingerprint density at radius 2 is 1.24 bits per heavy atom. The van der Waals surface area contributed by atoms with Gasteiger partial charge in [-0.2, -0.15) is 0 Å². The minimum absolute atomic E-state index is 0.147. The summed E-state index contributed by atoms with van der Waals surface area (Å²) in [5, 5.41) is 11.0. The van der Waals surface area contributed by atoms with E-state index in [1.807, 2.05) is 91.0 Å². The summed E-state index contributed by atoms with van der Waals surface area (Å²) in [6, 6.07) is 32.1. The molecule has 0 bridgehead atoms. The number of ketones is 1. The average Bonchev–Trinajstić information content (AvgIpc) is 2.87. The minimum Gasteiger partial charge on any atom is -0.504 e. The second kappa shape index (κ2) is 10.8. The number of hydrogen-bond acceptors (Lipinski definition) is 4. The SMILES string of the molecule is O=C(/C=C/c1ccccc1)c1ccc(OCc2ccccc2)c(OCc2ccccc2)c1O. The van der Waals surface area contributed by atoms with E-state index >= 15 is 0 Å². The highest BCUT2D eigenvalue weighted by Crippen LogP contribution is 2.40. The Labute approximate surface area is 193 Å². The van der Waals surface area contributed by atoms with Crippen molar-refractivity contribution >= 4 is 11.9 Å². The van der Waals surface area contributed by atoms with Crippen molar-refractivity contribution < 1.29 is 19.4 Å². The van der Waals surface area contributed by atoms with Gasteiger partial charge in [-0.25, -0.2) is 0 Å². The van der Waals surface area contributed by atoms with Crippen molar-refractivity contribution in [1.82, 2.24) is 0 Å². The summed E-state index contributed by atoms with van der Waals surface area (Å²) >= 11 is 0. The van der Waals surface area contributed by atoms with Crippen molar-refractivity contribution in [3.8, 4) is 17.2 Å². The van der Waals surface area contributed by atoms with Gasteiger partial charge in [-0.05, 0) is 34.9 Å². The standard InChI is InChI=1S/C29H24O4/c30-26(18-16-22-10-4-1-5-11-22)25-17-19-27(32-20-23-12-6-2-7-13-23)29(28(25)31)33-21-24-14-8-3-9-15-24/h1-19,31H,20-21H2/b18-16+. The van der Waals surface area contributed by atoms with E-state index in [0.29, 0.717) is 12.4 Å². The molecular weight excluding hydrogens is 412 g/mol. The summed E-state index contributed by atoms with van der Waals surface area (Å²) in [6.45, 7) is 0.538. The molecule has 4 rings (SSSR count). The van der Waals surface area contributed by atoms with Crippen LogP contribution in [0.15, 0.2) is 109 Å². The van der Waals surface area contributed by atoms with Gasteiger partial charge in [-0.1, -0.05) is 97.1 Å². The van der Waals surface area contributed by atoms with Crippen molar-refractivity contribution in [3.63, 3.8) is 0 Å². The van der Waals surface area contributed by atoms with Crippen LogP contribution in [0.2, 0.25) is 0 Å². The molecule has 0 saturated heterocycles. The monoisotopic (exact) mass is 436 g/mol. The summed E-state index contributed by atoms with van der Waals surface area (Å²) in [6.07, 6.45) is 3.15. The molecule has 33 heavy (non-hydrogen) atoms. The average molecular weight is 437 g/mol. The summed E-state index contributed by atoms with van der Waals surface area (Å²) in [7, 11) is 0. The van der Waals surface area contributed by atoms with Crippen LogP contribution in [0.25, 0.3) is 6.08 Å². The van der Waals surface area contributed by atoms with Crippen molar-refractivity contribution in [3.05, 3.63) is 131 Å². The maximum atomic E-state index is 12.8. The van der Waals surface area contributed by atoms with E-state index < -0.39 is 0 Å². The Hall–Kier alpha value is -4.31. The highest BCUT2D eigenvalue weighted by atomic mass is 16.5. The quantitative estimate of drug-likeness (QED) is 0.242. The van der Waals surface area contributed by atoms with E-state index in [4.69, 9.17) is 9.47 Å². The van der Waals surface area contributed by atoms with Gasteiger partial charge in [0.25, 0.3) is 0 Å². The number of hydrogen-bond donors (Lipinski definition) is 1. The molecule has 4 nitrogen and oxygen atoms in total. The minimum atomic E-state index is -0.324. The number of aromatic hydroxyl groups is 1. The maximum absolute atomic E-state index is 12.8. The lowest BCUT2D eigenvalue weighted by molar-refractivity contribution is 0.104.